The first-order chi connectivity index (χ1) is 7.20. The number of carbonyl (C=O) groups excluding carboxylic acids is 1. The van der Waals surface area contributed by atoms with E-state index >= 15 is 0 Å². The monoisotopic (exact) mass is 260 g/mol. The molecule has 0 spiro atoms. The van der Waals surface area contributed by atoms with Crippen molar-refractivity contribution in [3.05, 3.63) is 33.8 Å². The summed E-state index contributed by atoms with van der Waals surface area (Å²) in [5.74, 6) is 2.13. The van der Waals surface area contributed by atoms with Gasteiger partial charge in [0.2, 0.25) is 0 Å². The Bertz CT molecular complexity index is 366. The summed E-state index contributed by atoms with van der Waals surface area (Å²) in [6.45, 7) is 0. The van der Waals surface area contributed by atoms with Crippen molar-refractivity contribution in [2.45, 2.75) is 6.42 Å². The molecule has 0 N–H and O–H groups in total. The number of hydrogen-bond donors (Lipinski definition) is 0. The highest BCUT2D eigenvalue weighted by molar-refractivity contribution is 7.99. The zero-order valence-corrected chi connectivity index (χ0v) is 10.3. The van der Waals surface area contributed by atoms with Crippen molar-refractivity contribution >= 4 is 40.7 Å². The number of carbonyl (C=O) groups is 1. The molecule has 1 aliphatic heterocycles. The maximum Gasteiger partial charge on any atom is 0.169 e. The number of thioether (sulfide) groups is 1. The maximum absolute atomic E-state index is 12.1. The van der Waals surface area contributed by atoms with Crippen molar-refractivity contribution in [3.63, 3.8) is 0 Å². The summed E-state index contributed by atoms with van der Waals surface area (Å²) < 4.78 is 0. The van der Waals surface area contributed by atoms with Crippen LogP contribution < -0.4 is 0 Å². The van der Waals surface area contributed by atoms with Crippen LogP contribution in [0.5, 0.6) is 0 Å². The lowest BCUT2D eigenvalue weighted by atomic mass is 9.97. The third kappa shape index (κ3) is 2.32. The van der Waals surface area contributed by atoms with Gasteiger partial charge in [0.05, 0.1) is 15.6 Å². The number of halogens is 2. The Balaban J connectivity index is 2.32. The molecule has 0 aliphatic carbocycles. The van der Waals surface area contributed by atoms with Crippen LogP contribution in [-0.4, -0.2) is 17.3 Å². The van der Waals surface area contributed by atoms with Gasteiger partial charge in [0.25, 0.3) is 0 Å². The molecule has 1 nitrogen and oxygen atoms in total. The zero-order chi connectivity index (χ0) is 10.8. The lowest BCUT2D eigenvalue weighted by molar-refractivity contribution is 0.0934. The van der Waals surface area contributed by atoms with E-state index in [-0.39, 0.29) is 11.7 Å². The van der Waals surface area contributed by atoms with Gasteiger partial charge in [-0.05, 0) is 24.3 Å². The average molecular weight is 261 g/mol. The molecule has 1 atom stereocenters. The molecule has 80 valence electrons. The van der Waals surface area contributed by atoms with Crippen LogP contribution >= 0.6 is 35.0 Å². The minimum Gasteiger partial charge on any atom is -0.294 e. The molecular weight excluding hydrogens is 251 g/mol. The van der Waals surface area contributed by atoms with Crippen molar-refractivity contribution in [1.82, 2.24) is 0 Å². The van der Waals surface area contributed by atoms with Gasteiger partial charge in [-0.3, -0.25) is 4.79 Å². The standard InChI is InChI=1S/C11H10Cl2OS/c12-8-2-1-3-9(13)10(8)11(14)7-4-5-15-6-7/h1-3,7H,4-6H2. The number of Topliss-reactive ketones (excluding diaryl/α,β-unsaturated/α-hetero) is 1. The van der Waals surface area contributed by atoms with E-state index in [2.05, 4.69) is 0 Å². The molecule has 0 amide bonds. The maximum atomic E-state index is 12.1. The van der Waals surface area contributed by atoms with Crippen LogP contribution in [0.4, 0.5) is 0 Å². The molecule has 0 aromatic heterocycles. The smallest absolute Gasteiger partial charge is 0.169 e. The normalized spacial score (nSPS) is 20.5. The number of rotatable bonds is 2. The average Bonchev–Trinajstić information content (AvgIpc) is 2.69. The first kappa shape index (κ1) is 11.3. The topological polar surface area (TPSA) is 17.1 Å². The fourth-order valence-corrected chi connectivity index (χ4v) is 3.48. The number of hydrogen-bond acceptors (Lipinski definition) is 2. The van der Waals surface area contributed by atoms with E-state index in [0.717, 1.165) is 17.9 Å². The predicted molar refractivity (Wildman–Crippen MR) is 66.2 cm³/mol. The van der Waals surface area contributed by atoms with Gasteiger partial charge in [-0.25, -0.2) is 0 Å². The van der Waals surface area contributed by atoms with Gasteiger partial charge < -0.3 is 0 Å². The number of benzene rings is 1. The molecule has 1 heterocycles. The Morgan fingerprint density at radius 2 is 2.00 bits per heavy atom. The molecule has 1 unspecified atom stereocenters. The van der Waals surface area contributed by atoms with Gasteiger partial charge in [-0.2, -0.15) is 11.8 Å². The molecule has 15 heavy (non-hydrogen) atoms. The summed E-state index contributed by atoms with van der Waals surface area (Å²) in [5, 5.41) is 0.925. The van der Waals surface area contributed by atoms with Crippen LogP contribution in [0.3, 0.4) is 0 Å². The van der Waals surface area contributed by atoms with Gasteiger partial charge in [0.15, 0.2) is 5.78 Å². The quantitative estimate of drug-likeness (QED) is 0.750. The fraction of sp³-hybridized carbons (Fsp3) is 0.364. The van der Waals surface area contributed by atoms with E-state index in [1.807, 2.05) is 11.8 Å². The highest BCUT2D eigenvalue weighted by atomic mass is 35.5. The third-order valence-electron chi connectivity index (χ3n) is 2.51. The molecule has 1 aromatic rings. The van der Waals surface area contributed by atoms with Gasteiger partial charge in [-0.1, -0.05) is 29.3 Å². The molecule has 2 rings (SSSR count). The minimum absolute atomic E-state index is 0.0902. The summed E-state index contributed by atoms with van der Waals surface area (Å²) in [5.41, 5.74) is 0.494. The van der Waals surface area contributed by atoms with Crippen molar-refractivity contribution < 1.29 is 4.79 Å². The van der Waals surface area contributed by atoms with Crippen LogP contribution in [0.25, 0.3) is 0 Å². The van der Waals surface area contributed by atoms with Crippen LogP contribution in [0.2, 0.25) is 10.0 Å². The van der Waals surface area contributed by atoms with Gasteiger partial charge >= 0.3 is 0 Å². The summed E-state index contributed by atoms with van der Waals surface area (Å²) in [6.07, 6.45) is 0.936. The SMILES string of the molecule is O=C(c1c(Cl)cccc1Cl)C1CCSC1. The first-order valence-corrected chi connectivity index (χ1v) is 6.67. The second-order valence-corrected chi connectivity index (χ2v) is 5.49. The highest BCUT2D eigenvalue weighted by Gasteiger charge is 2.27. The van der Waals surface area contributed by atoms with E-state index in [9.17, 15) is 4.79 Å². The Hall–Kier alpha value is -0.180. The molecular formula is C11H10Cl2OS. The van der Waals surface area contributed by atoms with Crippen LogP contribution in [0, 0.1) is 5.92 Å². The summed E-state index contributed by atoms with van der Waals surface area (Å²) in [6, 6.07) is 5.18. The Kier molecular flexibility index (Phi) is 3.60. The summed E-state index contributed by atoms with van der Waals surface area (Å²) in [7, 11) is 0. The highest BCUT2D eigenvalue weighted by Crippen LogP contribution is 2.32. The third-order valence-corrected chi connectivity index (χ3v) is 4.30. The Morgan fingerprint density at radius 3 is 2.53 bits per heavy atom. The second kappa shape index (κ2) is 4.77. The molecule has 0 radical (unpaired) electrons. The van der Waals surface area contributed by atoms with Crippen LogP contribution in [-0.2, 0) is 0 Å². The fourth-order valence-electron chi connectivity index (χ4n) is 1.68. The largest absolute Gasteiger partial charge is 0.294 e. The number of ketones is 1. The lowest BCUT2D eigenvalue weighted by Gasteiger charge is -2.10. The van der Waals surface area contributed by atoms with E-state index in [1.54, 1.807) is 18.2 Å². The van der Waals surface area contributed by atoms with Crippen molar-refractivity contribution in [1.29, 1.82) is 0 Å². The van der Waals surface area contributed by atoms with Gasteiger partial charge in [-0.15, -0.1) is 0 Å². The molecule has 0 saturated carbocycles. The van der Waals surface area contributed by atoms with Gasteiger partial charge in [0.1, 0.15) is 0 Å². The van der Waals surface area contributed by atoms with Crippen LogP contribution in [0.1, 0.15) is 16.8 Å². The van der Waals surface area contributed by atoms with Crippen molar-refractivity contribution in [2.24, 2.45) is 5.92 Å². The molecule has 4 heteroatoms. The Labute approximate surface area is 103 Å². The zero-order valence-electron chi connectivity index (χ0n) is 8.00. The van der Waals surface area contributed by atoms with E-state index in [0.29, 0.717) is 15.6 Å². The van der Waals surface area contributed by atoms with Crippen molar-refractivity contribution in [2.75, 3.05) is 11.5 Å². The summed E-state index contributed by atoms with van der Waals surface area (Å²) in [4.78, 5) is 12.1. The molecule has 1 fully saturated rings. The molecule has 1 aliphatic rings. The first-order valence-electron chi connectivity index (χ1n) is 4.76. The molecule has 0 bridgehead atoms. The molecule has 1 aromatic carbocycles. The van der Waals surface area contributed by atoms with E-state index in [1.165, 1.54) is 0 Å². The Morgan fingerprint density at radius 1 is 1.33 bits per heavy atom. The van der Waals surface area contributed by atoms with Crippen LogP contribution in [0.15, 0.2) is 18.2 Å². The van der Waals surface area contributed by atoms with E-state index in [4.69, 9.17) is 23.2 Å². The lowest BCUT2D eigenvalue weighted by Crippen LogP contribution is -2.14. The minimum atomic E-state index is 0.0902. The van der Waals surface area contributed by atoms with E-state index < -0.39 is 0 Å². The predicted octanol–water partition coefficient (Wildman–Crippen LogP) is 3.93. The van der Waals surface area contributed by atoms with Crippen molar-refractivity contribution in [3.8, 4) is 0 Å². The van der Waals surface area contributed by atoms with Gasteiger partial charge in [0, 0.05) is 11.7 Å². The second-order valence-electron chi connectivity index (χ2n) is 3.52. The summed E-state index contributed by atoms with van der Waals surface area (Å²) >= 11 is 13.8. The molecule has 1 saturated heterocycles.